The molecule has 1 aromatic rings. The van der Waals surface area contributed by atoms with Crippen LogP contribution >= 0.6 is 0 Å². The van der Waals surface area contributed by atoms with Gasteiger partial charge in [0.2, 0.25) is 5.88 Å². The van der Waals surface area contributed by atoms with E-state index in [0.29, 0.717) is 5.88 Å². The van der Waals surface area contributed by atoms with Crippen molar-refractivity contribution in [2.75, 3.05) is 38.7 Å². The van der Waals surface area contributed by atoms with E-state index in [2.05, 4.69) is 22.2 Å². The van der Waals surface area contributed by atoms with Crippen LogP contribution in [0.2, 0.25) is 0 Å². The Morgan fingerprint density at radius 1 is 1.47 bits per heavy atom. The molecule has 1 heterocycles. The number of aromatic nitrogens is 2. The van der Waals surface area contributed by atoms with Gasteiger partial charge in [0, 0.05) is 20.1 Å². The molecular weight excluding hydrogens is 192 g/mol. The first-order valence-corrected chi connectivity index (χ1v) is 5.05. The molecule has 0 aliphatic rings. The summed E-state index contributed by atoms with van der Waals surface area (Å²) in [6.07, 6.45) is 3.33. The normalized spacial score (nSPS) is 10.1. The fraction of sp³-hybridized carbons (Fsp3) is 0.600. The number of likely N-dealkylation sites (N-methyl/N-ethyl adjacent to an activating group) is 2. The number of hydrogen-bond acceptors (Lipinski definition) is 5. The Labute approximate surface area is 90.5 Å². The van der Waals surface area contributed by atoms with E-state index < -0.39 is 0 Å². The maximum absolute atomic E-state index is 5.01. The molecule has 0 saturated heterocycles. The second kappa shape index (κ2) is 6.19. The molecule has 0 aliphatic carbocycles. The van der Waals surface area contributed by atoms with Crippen molar-refractivity contribution in [1.29, 1.82) is 0 Å². The van der Waals surface area contributed by atoms with Gasteiger partial charge in [-0.25, -0.2) is 0 Å². The molecule has 0 amide bonds. The average molecular weight is 210 g/mol. The van der Waals surface area contributed by atoms with Crippen LogP contribution < -0.4 is 15.0 Å². The van der Waals surface area contributed by atoms with Crippen LogP contribution in [0, 0.1) is 0 Å². The summed E-state index contributed by atoms with van der Waals surface area (Å²) in [5.41, 5.74) is 0. The van der Waals surface area contributed by atoms with Crippen molar-refractivity contribution in [3.05, 3.63) is 12.4 Å². The van der Waals surface area contributed by atoms with E-state index in [1.165, 1.54) is 0 Å². The smallest absolute Gasteiger partial charge is 0.233 e. The van der Waals surface area contributed by atoms with Crippen LogP contribution in [-0.2, 0) is 0 Å². The molecule has 5 nitrogen and oxygen atoms in total. The molecule has 0 aliphatic heterocycles. The fourth-order valence-corrected chi connectivity index (χ4v) is 1.16. The zero-order valence-electron chi connectivity index (χ0n) is 9.53. The van der Waals surface area contributed by atoms with Gasteiger partial charge in [0.25, 0.3) is 0 Å². The number of nitrogens with zero attached hydrogens (tertiary/aromatic N) is 3. The third-order valence-corrected chi connectivity index (χ3v) is 2.07. The number of anilines is 1. The van der Waals surface area contributed by atoms with Gasteiger partial charge in [-0.15, -0.1) is 0 Å². The standard InChI is InChI=1S/C10H18N4O/c1-4-11-5-6-14(2)9-7-12-8-10(13-9)15-3/h7-8,11H,4-6H2,1-3H3. The lowest BCUT2D eigenvalue weighted by Gasteiger charge is -2.17. The second-order valence-corrected chi connectivity index (χ2v) is 3.19. The van der Waals surface area contributed by atoms with Gasteiger partial charge in [-0.05, 0) is 6.54 Å². The number of hydrogen-bond donors (Lipinski definition) is 1. The van der Waals surface area contributed by atoms with Gasteiger partial charge in [0.05, 0.1) is 19.5 Å². The molecular formula is C10H18N4O. The molecule has 5 heteroatoms. The first-order valence-electron chi connectivity index (χ1n) is 5.05. The van der Waals surface area contributed by atoms with Gasteiger partial charge in [0.15, 0.2) is 5.82 Å². The highest BCUT2D eigenvalue weighted by Crippen LogP contribution is 2.11. The Bertz CT molecular complexity index is 293. The summed E-state index contributed by atoms with van der Waals surface area (Å²) >= 11 is 0. The predicted molar refractivity (Wildman–Crippen MR) is 60.4 cm³/mol. The van der Waals surface area contributed by atoms with Crippen LogP contribution in [-0.4, -0.2) is 43.8 Å². The summed E-state index contributed by atoms with van der Waals surface area (Å²) in [6.45, 7) is 4.91. The average Bonchev–Trinajstić information content (AvgIpc) is 2.29. The van der Waals surface area contributed by atoms with E-state index in [4.69, 9.17) is 4.74 Å². The lowest BCUT2D eigenvalue weighted by atomic mass is 10.5. The topological polar surface area (TPSA) is 50.3 Å². The largest absolute Gasteiger partial charge is 0.480 e. The van der Waals surface area contributed by atoms with Gasteiger partial charge in [-0.1, -0.05) is 6.92 Å². The van der Waals surface area contributed by atoms with Crippen LogP contribution in [0.5, 0.6) is 5.88 Å². The van der Waals surface area contributed by atoms with Gasteiger partial charge in [-0.2, -0.15) is 4.98 Å². The van der Waals surface area contributed by atoms with Crippen molar-refractivity contribution in [2.45, 2.75) is 6.92 Å². The van der Waals surface area contributed by atoms with Crippen molar-refractivity contribution in [2.24, 2.45) is 0 Å². The molecule has 0 spiro atoms. The summed E-state index contributed by atoms with van der Waals surface area (Å²) < 4.78 is 5.01. The Balaban J connectivity index is 2.52. The predicted octanol–water partition coefficient (Wildman–Crippen LogP) is 0.531. The van der Waals surface area contributed by atoms with Crippen LogP contribution in [0.3, 0.4) is 0 Å². The summed E-state index contributed by atoms with van der Waals surface area (Å²) in [5.74, 6) is 1.37. The zero-order valence-corrected chi connectivity index (χ0v) is 9.53. The Hall–Kier alpha value is -1.36. The van der Waals surface area contributed by atoms with E-state index in [9.17, 15) is 0 Å². The first kappa shape index (κ1) is 11.7. The number of methoxy groups -OCH3 is 1. The van der Waals surface area contributed by atoms with Gasteiger partial charge in [-0.3, -0.25) is 4.98 Å². The zero-order chi connectivity index (χ0) is 11.1. The molecule has 1 rings (SSSR count). The van der Waals surface area contributed by atoms with Crippen molar-refractivity contribution in [3.63, 3.8) is 0 Å². The molecule has 0 radical (unpaired) electrons. The van der Waals surface area contributed by atoms with E-state index in [0.717, 1.165) is 25.5 Å². The molecule has 0 saturated carbocycles. The Kier molecular flexibility index (Phi) is 4.83. The molecule has 15 heavy (non-hydrogen) atoms. The molecule has 0 unspecified atom stereocenters. The molecule has 0 bridgehead atoms. The lowest BCUT2D eigenvalue weighted by molar-refractivity contribution is 0.395. The summed E-state index contributed by atoms with van der Waals surface area (Å²) in [5, 5.41) is 3.26. The highest BCUT2D eigenvalue weighted by Gasteiger charge is 2.03. The van der Waals surface area contributed by atoms with Crippen molar-refractivity contribution in [1.82, 2.24) is 15.3 Å². The molecule has 0 aromatic carbocycles. The number of nitrogens with one attached hydrogen (secondary N) is 1. The van der Waals surface area contributed by atoms with Crippen LogP contribution in [0.25, 0.3) is 0 Å². The van der Waals surface area contributed by atoms with Crippen molar-refractivity contribution < 1.29 is 4.74 Å². The van der Waals surface area contributed by atoms with E-state index in [1.807, 2.05) is 11.9 Å². The summed E-state index contributed by atoms with van der Waals surface area (Å²) in [6, 6.07) is 0. The molecule has 1 aromatic heterocycles. The quantitative estimate of drug-likeness (QED) is 0.694. The molecule has 1 N–H and O–H groups in total. The minimum Gasteiger partial charge on any atom is -0.480 e. The number of rotatable bonds is 6. The second-order valence-electron chi connectivity index (χ2n) is 3.19. The van der Waals surface area contributed by atoms with Gasteiger partial charge in [0.1, 0.15) is 0 Å². The minimum atomic E-state index is 0.544. The Morgan fingerprint density at radius 2 is 2.27 bits per heavy atom. The monoisotopic (exact) mass is 210 g/mol. The van der Waals surface area contributed by atoms with E-state index in [1.54, 1.807) is 19.5 Å². The molecule has 84 valence electrons. The van der Waals surface area contributed by atoms with Crippen molar-refractivity contribution >= 4 is 5.82 Å². The summed E-state index contributed by atoms with van der Waals surface area (Å²) in [4.78, 5) is 10.4. The third-order valence-electron chi connectivity index (χ3n) is 2.07. The minimum absolute atomic E-state index is 0.544. The molecule has 0 atom stereocenters. The first-order chi connectivity index (χ1) is 7.27. The van der Waals surface area contributed by atoms with E-state index in [-0.39, 0.29) is 0 Å². The third kappa shape index (κ3) is 3.71. The Morgan fingerprint density at radius 3 is 2.93 bits per heavy atom. The lowest BCUT2D eigenvalue weighted by Crippen LogP contribution is -2.29. The number of ether oxygens (including phenoxy) is 1. The SMILES string of the molecule is CCNCCN(C)c1cncc(OC)n1. The highest BCUT2D eigenvalue weighted by atomic mass is 16.5. The maximum Gasteiger partial charge on any atom is 0.233 e. The highest BCUT2D eigenvalue weighted by molar-refractivity contribution is 5.36. The molecule has 0 fully saturated rings. The van der Waals surface area contributed by atoms with Gasteiger partial charge < -0.3 is 15.0 Å². The van der Waals surface area contributed by atoms with Gasteiger partial charge >= 0.3 is 0 Å². The fourth-order valence-electron chi connectivity index (χ4n) is 1.16. The van der Waals surface area contributed by atoms with Crippen LogP contribution in [0.15, 0.2) is 12.4 Å². The van der Waals surface area contributed by atoms with E-state index >= 15 is 0 Å². The summed E-state index contributed by atoms with van der Waals surface area (Å²) in [7, 11) is 3.58. The van der Waals surface area contributed by atoms with Crippen LogP contribution in [0.4, 0.5) is 5.82 Å². The van der Waals surface area contributed by atoms with Crippen LogP contribution in [0.1, 0.15) is 6.92 Å². The maximum atomic E-state index is 5.01. The van der Waals surface area contributed by atoms with Crippen molar-refractivity contribution in [3.8, 4) is 5.88 Å².